The number of amides is 2. The molecule has 0 bridgehead atoms. The quantitative estimate of drug-likeness (QED) is 0.669. The Bertz CT molecular complexity index is 1080. The van der Waals surface area contributed by atoms with Crippen LogP contribution in [-0.4, -0.2) is 22.0 Å². The summed E-state index contributed by atoms with van der Waals surface area (Å²) in [5, 5.41) is 9.57. The summed E-state index contributed by atoms with van der Waals surface area (Å²) >= 11 is 0. The summed E-state index contributed by atoms with van der Waals surface area (Å²) in [4.78, 5) is 29.6. The van der Waals surface area contributed by atoms with E-state index in [0.29, 0.717) is 17.1 Å². The summed E-state index contributed by atoms with van der Waals surface area (Å²) in [6.45, 7) is 3.85. The third-order valence-corrected chi connectivity index (χ3v) is 5.08. The van der Waals surface area contributed by atoms with E-state index in [9.17, 15) is 14.0 Å². The Kier molecular flexibility index (Phi) is 5.31. The maximum Gasteiger partial charge on any atom is 0.249 e. The number of halogens is 1. The molecule has 2 atom stereocenters. The van der Waals surface area contributed by atoms with E-state index in [1.165, 1.54) is 18.2 Å². The van der Waals surface area contributed by atoms with Gasteiger partial charge >= 0.3 is 0 Å². The van der Waals surface area contributed by atoms with Crippen molar-refractivity contribution < 1.29 is 18.5 Å². The molecule has 0 unspecified atom stereocenters. The van der Waals surface area contributed by atoms with Gasteiger partial charge in [-0.25, -0.2) is 4.39 Å². The van der Waals surface area contributed by atoms with Crippen molar-refractivity contribution in [3.05, 3.63) is 65.8 Å². The van der Waals surface area contributed by atoms with Crippen LogP contribution in [0.2, 0.25) is 0 Å². The van der Waals surface area contributed by atoms with Gasteiger partial charge in [-0.2, -0.15) is 4.98 Å². The molecule has 0 aliphatic carbocycles. The molecule has 2 heterocycles. The zero-order valence-electron chi connectivity index (χ0n) is 16.6. The Morgan fingerprint density at radius 3 is 2.73 bits per heavy atom. The van der Waals surface area contributed by atoms with E-state index in [2.05, 4.69) is 20.8 Å². The first-order valence-corrected chi connectivity index (χ1v) is 9.71. The Morgan fingerprint density at radius 2 is 2.00 bits per heavy atom. The van der Waals surface area contributed by atoms with Gasteiger partial charge in [0, 0.05) is 17.7 Å². The highest BCUT2D eigenvalue weighted by Crippen LogP contribution is 2.34. The number of hydrogen-bond acceptors (Lipinski definition) is 5. The maximum absolute atomic E-state index is 13.5. The van der Waals surface area contributed by atoms with Gasteiger partial charge in [-0.05, 0) is 23.6 Å². The van der Waals surface area contributed by atoms with E-state index in [1.54, 1.807) is 0 Å². The largest absolute Gasteiger partial charge is 0.343 e. The fraction of sp³-hybridized carbons (Fsp3) is 0.273. The molecule has 7 nitrogen and oxygen atoms in total. The summed E-state index contributed by atoms with van der Waals surface area (Å²) in [5.41, 5.74) is 1.70. The third-order valence-electron chi connectivity index (χ3n) is 5.08. The lowest BCUT2D eigenvalue weighted by Crippen LogP contribution is -2.38. The lowest BCUT2D eigenvalue weighted by atomic mass is 9.89. The molecule has 8 heteroatoms. The van der Waals surface area contributed by atoms with Crippen molar-refractivity contribution >= 4 is 17.5 Å². The molecule has 154 valence electrons. The van der Waals surface area contributed by atoms with E-state index in [1.807, 2.05) is 44.2 Å². The van der Waals surface area contributed by atoms with E-state index in [4.69, 9.17) is 4.52 Å². The van der Waals surface area contributed by atoms with Crippen molar-refractivity contribution in [2.24, 2.45) is 5.92 Å². The lowest BCUT2D eigenvalue weighted by molar-refractivity contribution is -0.127. The van der Waals surface area contributed by atoms with Gasteiger partial charge in [0.2, 0.25) is 23.5 Å². The highest BCUT2D eigenvalue weighted by Gasteiger charge is 2.34. The minimum atomic E-state index is -0.730. The normalized spacial score (nSPS) is 16.7. The highest BCUT2D eigenvalue weighted by molar-refractivity contribution is 6.01. The van der Waals surface area contributed by atoms with Gasteiger partial charge in [0.05, 0.1) is 5.92 Å². The highest BCUT2D eigenvalue weighted by atomic mass is 19.1. The van der Waals surface area contributed by atoms with E-state index < -0.39 is 17.8 Å². The minimum absolute atomic E-state index is 0.0195. The number of carbonyl (C=O) groups is 2. The molecule has 1 aliphatic heterocycles. The fourth-order valence-electron chi connectivity index (χ4n) is 3.50. The number of hydrogen-bond donors (Lipinski definition) is 2. The Balaban J connectivity index is 1.58. The Hall–Kier alpha value is -3.55. The van der Waals surface area contributed by atoms with Crippen LogP contribution in [0, 0.1) is 11.7 Å². The summed E-state index contributed by atoms with van der Waals surface area (Å²) in [5.74, 6) is -1.21. The predicted molar refractivity (Wildman–Crippen MR) is 108 cm³/mol. The van der Waals surface area contributed by atoms with Gasteiger partial charge in [0.15, 0.2) is 0 Å². The Morgan fingerprint density at radius 1 is 1.23 bits per heavy atom. The number of aromatic nitrogens is 2. The SMILES string of the molecule is CC(C)[C@H](NC(=O)[C@@H]1CC(=O)Nc2cc(F)ccc21)c1nc(-c2ccccc2)no1. The van der Waals surface area contributed by atoms with Gasteiger partial charge in [-0.3, -0.25) is 9.59 Å². The van der Waals surface area contributed by atoms with Gasteiger partial charge in [-0.15, -0.1) is 0 Å². The molecule has 1 aliphatic rings. The van der Waals surface area contributed by atoms with Crippen LogP contribution in [0.5, 0.6) is 0 Å². The molecule has 0 saturated carbocycles. The molecule has 0 saturated heterocycles. The zero-order chi connectivity index (χ0) is 21.3. The van der Waals surface area contributed by atoms with Crippen molar-refractivity contribution in [2.75, 3.05) is 5.32 Å². The van der Waals surface area contributed by atoms with Gasteiger partial charge in [0.25, 0.3) is 0 Å². The first-order valence-electron chi connectivity index (χ1n) is 9.71. The topological polar surface area (TPSA) is 97.1 Å². The van der Waals surface area contributed by atoms with Crippen molar-refractivity contribution in [2.45, 2.75) is 32.2 Å². The minimum Gasteiger partial charge on any atom is -0.343 e. The molecular weight excluding hydrogens is 387 g/mol. The second-order valence-electron chi connectivity index (χ2n) is 7.59. The first kappa shape index (κ1) is 19.8. The summed E-state index contributed by atoms with van der Waals surface area (Å²) < 4.78 is 19.0. The molecule has 0 radical (unpaired) electrons. The molecule has 2 aromatic carbocycles. The average molecular weight is 408 g/mol. The number of anilines is 1. The van der Waals surface area contributed by atoms with Crippen molar-refractivity contribution in [3.63, 3.8) is 0 Å². The molecule has 2 N–H and O–H groups in total. The molecule has 2 amide bonds. The van der Waals surface area contributed by atoms with Crippen LogP contribution in [-0.2, 0) is 9.59 Å². The third kappa shape index (κ3) is 3.94. The molecule has 3 aromatic rings. The maximum atomic E-state index is 13.5. The van der Waals surface area contributed by atoms with Crippen LogP contribution in [0.4, 0.5) is 10.1 Å². The van der Waals surface area contributed by atoms with Crippen LogP contribution in [0.15, 0.2) is 53.1 Å². The number of carbonyl (C=O) groups excluding carboxylic acids is 2. The van der Waals surface area contributed by atoms with E-state index >= 15 is 0 Å². The first-order chi connectivity index (χ1) is 14.4. The van der Waals surface area contributed by atoms with Gasteiger partial charge in [0.1, 0.15) is 11.9 Å². The molecule has 30 heavy (non-hydrogen) atoms. The smallest absolute Gasteiger partial charge is 0.249 e. The zero-order valence-corrected chi connectivity index (χ0v) is 16.6. The van der Waals surface area contributed by atoms with Gasteiger partial charge in [-0.1, -0.05) is 55.4 Å². The van der Waals surface area contributed by atoms with Crippen LogP contribution < -0.4 is 10.6 Å². The van der Waals surface area contributed by atoms with E-state index in [-0.39, 0.29) is 30.0 Å². The average Bonchev–Trinajstić information content (AvgIpc) is 3.21. The number of nitrogens with one attached hydrogen (secondary N) is 2. The summed E-state index contributed by atoms with van der Waals surface area (Å²) in [7, 11) is 0. The van der Waals surface area contributed by atoms with Gasteiger partial charge < -0.3 is 15.2 Å². The summed E-state index contributed by atoms with van der Waals surface area (Å²) in [6, 6.07) is 12.9. The van der Waals surface area contributed by atoms with E-state index in [0.717, 1.165) is 5.56 Å². The second-order valence-corrected chi connectivity index (χ2v) is 7.59. The van der Waals surface area contributed by atoms with Crippen LogP contribution in [0.1, 0.15) is 43.7 Å². The number of benzene rings is 2. The summed E-state index contributed by atoms with van der Waals surface area (Å²) in [6.07, 6.45) is -0.0195. The number of nitrogens with zero attached hydrogens (tertiary/aromatic N) is 2. The molecular formula is C22H21FN4O3. The van der Waals surface area contributed by atoms with Crippen LogP contribution >= 0.6 is 0 Å². The molecule has 0 spiro atoms. The van der Waals surface area contributed by atoms with Crippen molar-refractivity contribution in [1.29, 1.82) is 0 Å². The van der Waals surface area contributed by atoms with Crippen molar-refractivity contribution in [3.8, 4) is 11.4 Å². The number of rotatable bonds is 5. The Labute approximate surface area is 172 Å². The standard InChI is InChI=1S/C22H21FN4O3/c1-12(2)19(22-26-20(27-30-22)13-6-4-3-5-7-13)25-21(29)16-11-18(28)24-17-10-14(23)8-9-15(16)17/h3-10,12,16,19H,11H2,1-2H3,(H,24,28)(H,25,29)/t16-,19+/m1/s1. The monoisotopic (exact) mass is 408 g/mol. The fourth-order valence-corrected chi connectivity index (χ4v) is 3.50. The predicted octanol–water partition coefficient (Wildman–Crippen LogP) is 3.82. The second kappa shape index (κ2) is 8.06. The number of fused-ring (bicyclic) bond motifs is 1. The van der Waals surface area contributed by atoms with Crippen LogP contribution in [0.25, 0.3) is 11.4 Å². The molecule has 4 rings (SSSR count). The molecule has 0 fully saturated rings. The molecule has 1 aromatic heterocycles. The lowest BCUT2D eigenvalue weighted by Gasteiger charge is -2.27. The van der Waals surface area contributed by atoms with Crippen LogP contribution in [0.3, 0.4) is 0 Å². The van der Waals surface area contributed by atoms with Crippen molar-refractivity contribution in [1.82, 2.24) is 15.5 Å².